The first-order chi connectivity index (χ1) is 14.3. The van der Waals surface area contributed by atoms with Crippen molar-refractivity contribution < 1.29 is 24.0 Å². The number of ether oxygens (including phenoxy) is 2. The first-order valence-corrected chi connectivity index (χ1v) is 9.93. The zero-order valence-electron chi connectivity index (χ0n) is 18.6. The summed E-state index contributed by atoms with van der Waals surface area (Å²) in [6.07, 6.45) is 0. The van der Waals surface area contributed by atoms with Crippen LogP contribution in [0.4, 0.5) is 5.69 Å². The number of aryl methyl sites for hydroxylation is 2. The van der Waals surface area contributed by atoms with E-state index < -0.39 is 0 Å². The third kappa shape index (κ3) is 5.97. The van der Waals surface area contributed by atoms with Gasteiger partial charge in [-0.1, -0.05) is 18.2 Å². The van der Waals surface area contributed by atoms with Gasteiger partial charge >= 0.3 is 0 Å². The average Bonchev–Trinajstić information content (AvgIpc) is 2.73. The summed E-state index contributed by atoms with van der Waals surface area (Å²) in [6.45, 7) is 6.28. The topological polar surface area (TPSA) is 81.1 Å². The van der Waals surface area contributed by atoms with Crippen molar-refractivity contribution in [2.24, 2.45) is 0 Å². The first-order valence-electron chi connectivity index (χ1n) is 9.93. The minimum absolute atomic E-state index is 0.0689. The van der Waals surface area contributed by atoms with Crippen molar-refractivity contribution in [1.82, 2.24) is 5.32 Å². The number of carbonyl (C=O) groups is 2. The number of carbonyl (C=O) groups excluding carboxylic acids is 2. The number of hydrogen-bond donors (Lipinski definition) is 3. The molecule has 30 heavy (non-hydrogen) atoms. The Morgan fingerprint density at radius 3 is 2.27 bits per heavy atom. The molecule has 0 aliphatic rings. The van der Waals surface area contributed by atoms with Gasteiger partial charge in [-0.15, -0.1) is 0 Å². The fourth-order valence-corrected chi connectivity index (χ4v) is 3.21. The molecule has 1 unspecified atom stereocenters. The number of methoxy groups -OCH3 is 2. The lowest BCUT2D eigenvalue weighted by molar-refractivity contribution is -0.908. The predicted molar refractivity (Wildman–Crippen MR) is 117 cm³/mol. The van der Waals surface area contributed by atoms with E-state index >= 15 is 0 Å². The Kier molecular flexibility index (Phi) is 8.24. The van der Waals surface area contributed by atoms with Crippen molar-refractivity contribution in [3.63, 3.8) is 0 Å². The standard InChI is InChI=1S/C23H31N3O4/c1-15-8-7-9-16(2)22(15)25-21(27)13-24-23(28)17(3)26(4)14-18-10-11-19(29-5)20(12-18)30-6/h7-12,17H,13-14H2,1-6H3,(H,24,28)(H,25,27)/p+1/t17-/m0/s1. The molecule has 2 aromatic carbocycles. The predicted octanol–water partition coefficient (Wildman–Crippen LogP) is 1.48. The molecule has 162 valence electrons. The van der Waals surface area contributed by atoms with Gasteiger partial charge in [0.25, 0.3) is 5.91 Å². The highest BCUT2D eigenvalue weighted by molar-refractivity contribution is 5.96. The molecular weight excluding hydrogens is 382 g/mol. The van der Waals surface area contributed by atoms with Gasteiger partial charge in [0.2, 0.25) is 5.91 Å². The Bertz CT molecular complexity index is 878. The molecule has 0 aliphatic carbocycles. The van der Waals surface area contributed by atoms with Gasteiger partial charge in [0.1, 0.15) is 6.54 Å². The molecule has 0 saturated heterocycles. The number of para-hydroxylation sites is 1. The Morgan fingerprint density at radius 1 is 1.03 bits per heavy atom. The van der Waals surface area contributed by atoms with E-state index in [9.17, 15) is 9.59 Å². The summed E-state index contributed by atoms with van der Waals surface area (Å²) in [5.74, 6) is 0.901. The number of amides is 2. The maximum absolute atomic E-state index is 12.5. The van der Waals surface area contributed by atoms with Crippen LogP contribution in [0.2, 0.25) is 0 Å². The Morgan fingerprint density at radius 2 is 1.67 bits per heavy atom. The molecule has 0 aliphatic heterocycles. The molecule has 3 N–H and O–H groups in total. The lowest BCUT2D eigenvalue weighted by Gasteiger charge is -2.21. The van der Waals surface area contributed by atoms with E-state index in [2.05, 4.69) is 10.6 Å². The van der Waals surface area contributed by atoms with Gasteiger partial charge in [-0.05, 0) is 50.1 Å². The molecule has 2 aromatic rings. The van der Waals surface area contributed by atoms with E-state index in [0.717, 1.165) is 27.3 Å². The maximum Gasteiger partial charge on any atom is 0.278 e. The molecule has 2 rings (SSSR count). The molecule has 0 saturated carbocycles. The number of likely N-dealkylation sites (N-methyl/N-ethyl adjacent to an activating group) is 1. The van der Waals surface area contributed by atoms with E-state index in [-0.39, 0.29) is 24.4 Å². The third-order valence-corrected chi connectivity index (χ3v) is 5.23. The lowest BCUT2D eigenvalue weighted by atomic mass is 10.1. The second-order valence-electron chi connectivity index (χ2n) is 7.47. The van der Waals surface area contributed by atoms with E-state index in [1.54, 1.807) is 14.2 Å². The minimum atomic E-state index is -0.328. The largest absolute Gasteiger partial charge is 0.493 e. The monoisotopic (exact) mass is 414 g/mol. The average molecular weight is 415 g/mol. The van der Waals surface area contributed by atoms with E-state index in [1.165, 1.54) is 0 Å². The molecule has 0 aromatic heterocycles. The summed E-state index contributed by atoms with van der Waals surface area (Å²) in [7, 11) is 5.13. The fraction of sp³-hybridized carbons (Fsp3) is 0.391. The van der Waals surface area contributed by atoms with E-state index in [4.69, 9.17) is 9.47 Å². The summed E-state index contributed by atoms with van der Waals surface area (Å²) < 4.78 is 10.6. The minimum Gasteiger partial charge on any atom is -0.493 e. The number of anilines is 1. The number of nitrogens with one attached hydrogen (secondary N) is 3. The summed E-state index contributed by atoms with van der Waals surface area (Å²) in [5.41, 5.74) is 3.79. The molecule has 2 amide bonds. The Labute approximate surface area is 178 Å². The van der Waals surface area contributed by atoms with Gasteiger partial charge in [0, 0.05) is 11.3 Å². The van der Waals surface area contributed by atoms with Crippen LogP contribution in [-0.4, -0.2) is 45.7 Å². The third-order valence-electron chi connectivity index (χ3n) is 5.23. The molecule has 7 nitrogen and oxygen atoms in total. The molecule has 0 heterocycles. The summed E-state index contributed by atoms with van der Waals surface area (Å²) >= 11 is 0. The van der Waals surface area contributed by atoms with E-state index in [1.807, 2.05) is 64.2 Å². The normalized spacial score (nSPS) is 12.6. The number of benzene rings is 2. The van der Waals surface area contributed by atoms with Gasteiger partial charge in [-0.3, -0.25) is 9.59 Å². The van der Waals surface area contributed by atoms with Crippen LogP contribution in [0.3, 0.4) is 0 Å². The summed E-state index contributed by atoms with van der Waals surface area (Å²) in [4.78, 5) is 25.8. The van der Waals surface area contributed by atoms with Gasteiger partial charge in [-0.2, -0.15) is 0 Å². The summed E-state index contributed by atoms with van der Waals surface area (Å²) in [6, 6.07) is 11.2. The molecule has 0 fully saturated rings. The SMILES string of the molecule is COc1ccc(C[NH+](C)[C@@H](C)C(=O)NCC(=O)Nc2c(C)cccc2C)cc1OC. The molecule has 0 radical (unpaired) electrons. The van der Waals surface area contributed by atoms with Crippen molar-refractivity contribution in [2.75, 3.05) is 33.1 Å². The quantitative estimate of drug-likeness (QED) is 0.581. The smallest absolute Gasteiger partial charge is 0.278 e. The van der Waals surface area contributed by atoms with Gasteiger partial charge < -0.3 is 25.0 Å². The fourth-order valence-electron chi connectivity index (χ4n) is 3.21. The summed E-state index contributed by atoms with van der Waals surface area (Å²) in [5, 5.41) is 5.61. The number of rotatable bonds is 9. The Balaban J connectivity index is 1.90. The maximum atomic E-state index is 12.5. The highest BCUT2D eigenvalue weighted by Gasteiger charge is 2.23. The molecular formula is C23H32N3O4+. The van der Waals surface area contributed by atoms with Crippen LogP contribution in [0, 0.1) is 13.8 Å². The lowest BCUT2D eigenvalue weighted by Crippen LogP contribution is -3.12. The van der Waals surface area contributed by atoms with Crippen LogP contribution in [0.1, 0.15) is 23.6 Å². The molecule has 0 spiro atoms. The molecule has 0 bridgehead atoms. The number of quaternary nitrogens is 1. The molecule has 7 heteroatoms. The van der Waals surface area contributed by atoms with Crippen molar-refractivity contribution in [2.45, 2.75) is 33.4 Å². The van der Waals surface area contributed by atoms with Crippen LogP contribution >= 0.6 is 0 Å². The first kappa shape index (κ1) is 23.2. The van der Waals surface area contributed by atoms with E-state index in [0.29, 0.717) is 18.0 Å². The van der Waals surface area contributed by atoms with Crippen molar-refractivity contribution in [3.8, 4) is 11.5 Å². The van der Waals surface area contributed by atoms with Gasteiger partial charge in [-0.25, -0.2) is 0 Å². The van der Waals surface area contributed by atoms with Crippen LogP contribution in [0.5, 0.6) is 11.5 Å². The van der Waals surface area contributed by atoms with Gasteiger partial charge in [0.05, 0.1) is 27.8 Å². The second-order valence-corrected chi connectivity index (χ2v) is 7.47. The van der Waals surface area contributed by atoms with Crippen LogP contribution in [0.25, 0.3) is 0 Å². The number of hydrogen-bond acceptors (Lipinski definition) is 4. The van der Waals surface area contributed by atoms with Crippen LogP contribution < -0.4 is 25.0 Å². The van der Waals surface area contributed by atoms with Crippen molar-refractivity contribution in [1.29, 1.82) is 0 Å². The van der Waals surface area contributed by atoms with Crippen molar-refractivity contribution >= 4 is 17.5 Å². The second kappa shape index (κ2) is 10.6. The Hall–Kier alpha value is -3.06. The highest BCUT2D eigenvalue weighted by Crippen LogP contribution is 2.27. The molecule has 2 atom stereocenters. The zero-order chi connectivity index (χ0) is 22.3. The highest BCUT2D eigenvalue weighted by atomic mass is 16.5. The van der Waals surface area contributed by atoms with Crippen molar-refractivity contribution in [3.05, 3.63) is 53.1 Å². The van der Waals surface area contributed by atoms with Gasteiger partial charge in [0.15, 0.2) is 17.5 Å². The zero-order valence-corrected chi connectivity index (χ0v) is 18.6. The van der Waals surface area contributed by atoms with Crippen LogP contribution in [-0.2, 0) is 16.1 Å². The van der Waals surface area contributed by atoms with Crippen LogP contribution in [0.15, 0.2) is 36.4 Å².